The van der Waals surface area contributed by atoms with Gasteiger partial charge in [0.2, 0.25) is 5.91 Å². The molecule has 2 fully saturated rings. The van der Waals surface area contributed by atoms with E-state index in [2.05, 4.69) is 5.32 Å². The van der Waals surface area contributed by atoms with E-state index in [9.17, 15) is 22.8 Å². The molecule has 1 aromatic rings. The van der Waals surface area contributed by atoms with E-state index in [1.807, 2.05) is 0 Å². The Balaban J connectivity index is 1.80. The smallest absolute Gasteiger partial charge is 0.366 e. The average molecular weight is 328 g/mol. The highest BCUT2D eigenvalue weighted by atomic mass is 19.4. The number of likely N-dealkylation sites (tertiary alicyclic amines) is 1. The lowest BCUT2D eigenvalue weighted by atomic mass is 9.98. The minimum Gasteiger partial charge on any atom is -0.366 e. The van der Waals surface area contributed by atoms with Crippen LogP contribution in [0.1, 0.15) is 22.3 Å². The molecule has 2 atom stereocenters. The fourth-order valence-electron chi connectivity index (χ4n) is 2.97. The maximum atomic E-state index is 13.0. The molecule has 2 aliphatic heterocycles. The number of alkyl halides is 3. The minimum atomic E-state index is -4.59. The molecule has 1 N–H and O–H groups in total. The number of amides is 2. The van der Waals surface area contributed by atoms with Crippen LogP contribution < -0.4 is 5.32 Å². The number of hydrogen-bond acceptors (Lipinski definition) is 3. The van der Waals surface area contributed by atoms with E-state index in [4.69, 9.17) is 4.74 Å². The van der Waals surface area contributed by atoms with Gasteiger partial charge in [0.1, 0.15) is 6.61 Å². The summed E-state index contributed by atoms with van der Waals surface area (Å²) in [4.78, 5) is 25.2. The van der Waals surface area contributed by atoms with Crippen molar-refractivity contribution in [3.05, 3.63) is 35.4 Å². The molecule has 5 nitrogen and oxygen atoms in total. The van der Waals surface area contributed by atoms with E-state index in [-0.39, 0.29) is 36.8 Å². The molecule has 2 saturated heterocycles. The van der Waals surface area contributed by atoms with E-state index in [1.54, 1.807) is 0 Å². The predicted molar refractivity (Wildman–Crippen MR) is 73.6 cm³/mol. The highest BCUT2D eigenvalue weighted by Gasteiger charge is 2.39. The van der Waals surface area contributed by atoms with Crippen LogP contribution >= 0.6 is 0 Å². The molecular weight excluding hydrogens is 313 g/mol. The lowest BCUT2D eigenvalue weighted by Crippen LogP contribution is -2.61. The number of hydrogen-bond donors (Lipinski definition) is 1. The Morgan fingerprint density at radius 1 is 1.30 bits per heavy atom. The number of fused-ring (bicyclic) bond motifs is 1. The maximum Gasteiger partial charge on any atom is 0.417 e. The summed E-state index contributed by atoms with van der Waals surface area (Å²) >= 11 is 0. The molecule has 1 aromatic carbocycles. The van der Waals surface area contributed by atoms with Gasteiger partial charge in [0.05, 0.1) is 23.3 Å². The van der Waals surface area contributed by atoms with Gasteiger partial charge >= 0.3 is 6.18 Å². The van der Waals surface area contributed by atoms with Gasteiger partial charge in [-0.05, 0) is 18.6 Å². The van der Waals surface area contributed by atoms with E-state index in [1.165, 1.54) is 23.1 Å². The zero-order valence-corrected chi connectivity index (χ0v) is 12.1. The largest absolute Gasteiger partial charge is 0.417 e. The summed E-state index contributed by atoms with van der Waals surface area (Å²) < 4.78 is 44.5. The van der Waals surface area contributed by atoms with Crippen molar-refractivity contribution in [3.63, 3.8) is 0 Å². The van der Waals surface area contributed by atoms with Crippen LogP contribution in [0, 0.1) is 0 Å². The maximum absolute atomic E-state index is 13.0. The van der Waals surface area contributed by atoms with Crippen molar-refractivity contribution >= 4 is 11.8 Å². The summed E-state index contributed by atoms with van der Waals surface area (Å²) in [6, 6.07) is 4.34. The van der Waals surface area contributed by atoms with Gasteiger partial charge in [-0.2, -0.15) is 13.2 Å². The van der Waals surface area contributed by atoms with Gasteiger partial charge in [0, 0.05) is 13.1 Å². The molecule has 0 aliphatic carbocycles. The van der Waals surface area contributed by atoms with Crippen molar-refractivity contribution in [3.8, 4) is 0 Å². The second kappa shape index (κ2) is 5.84. The molecule has 8 heteroatoms. The second-order valence-electron chi connectivity index (χ2n) is 5.61. The van der Waals surface area contributed by atoms with E-state index in [0.717, 1.165) is 6.07 Å². The van der Waals surface area contributed by atoms with Gasteiger partial charge in [-0.1, -0.05) is 12.1 Å². The Bertz CT molecular complexity index is 633. The zero-order chi connectivity index (χ0) is 16.6. The molecule has 3 rings (SSSR count). The Morgan fingerprint density at radius 3 is 2.78 bits per heavy atom. The Kier molecular flexibility index (Phi) is 4.01. The van der Waals surface area contributed by atoms with Gasteiger partial charge in [-0.3, -0.25) is 9.59 Å². The number of rotatable bonds is 1. The molecular formula is C15H15F3N2O3. The highest BCUT2D eigenvalue weighted by molar-refractivity contribution is 5.96. The van der Waals surface area contributed by atoms with Crippen molar-refractivity contribution in [1.82, 2.24) is 10.2 Å². The SMILES string of the molecule is O=C1CO[C@@H]2CCN(C(=O)c3ccccc3C(F)(F)F)C[C@@H]2N1. The Labute approximate surface area is 130 Å². The zero-order valence-electron chi connectivity index (χ0n) is 12.1. The van der Waals surface area contributed by atoms with Gasteiger partial charge in [0.15, 0.2) is 0 Å². The number of halogens is 3. The summed E-state index contributed by atoms with van der Waals surface area (Å²) in [6.07, 6.45) is -4.31. The summed E-state index contributed by atoms with van der Waals surface area (Å²) in [7, 11) is 0. The number of carbonyl (C=O) groups excluding carboxylic acids is 2. The third-order valence-electron chi connectivity index (χ3n) is 4.07. The molecule has 0 unspecified atom stereocenters. The number of ether oxygens (including phenoxy) is 1. The summed E-state index contributed by atoms with van der Waals surface area (Å²) in [5, 5.41) is 2.72. The van der Waals surface area contributed by atoms with Crippen LogP contribution in [0.4, 0.5) is 13.2 Å². The van der Waals surface area contributed by atoms with E-state index >= 15 is 0 Å². The number of piperidine rings is 1. The van der Waals surface area contributed by atoms with Gasteiger partial charge in [0.25, 0.3) is 5.91 Å². The number of nitrogens with zero attached hydrogens (tertiary/aromatic N) is 1. The van der Waals surface area contributed by atoms with E-state index < -0.39 is 17.6 Å². The molecule has 0 radical (unpaired) electrons. The van der Waals surface area contributed by atoms with Crippen molar-refractivity contribution in [2.75, 3.05) is 19.7 Å². The lowest BCUT2D eigenvalue weighted by molar-refractivity contribution is -0.139. The van der Waals surface area contributed by atoms with Crippen LogP contribution in [-0.4, -0.2) is 48.6 Å². The number of carbonyl (C=O) groups is 2. The Hall–Kier alpha value is -2.09. The quantitative estimate of drug-likeness (QED) is 0.849. The molecule has 124 valence electrons. The standard InChI is InChI=1S/C15H15F3N2O3/c16-15(17,18)10-4-2-1-3-9(10)14(22)20-6-5-12-11(7-20)19-13(21)8-23-12/h1-4,11-12H,5-8H2,(H,19,21)/t11-,12+/m0/s1. The number of nitrogens with one attached hydrogen (secondary N) is 1. The molecule has 2 amide bonds. The second-order valence-corrected chi connectivity index (χ2v) is 5.61. The fraction of sp³-hybridized carbons (Fsp3) is 0.467. The molecule has 0 bridgehead atoms. The third-order valence-corrected chi connectivity index (χ3v) is 4.07. The van der Waals surface area contributed by atoms with E-state index in [0.29, 0.717) is 13.0 Å². The first-order valence-corrected chi connectivity index (χ1v) is 7.23. The lowest BCUT2D eigenvalue weighted by Gasteiger charge is -2.41. The van der Waals surface area contributed by atoms with Gasteiger partial charge in [-0.15, -0.1) is 0 Å². The first-order valence-electron chi connectivity index (χ1n) is 7.23. The fourth-order valence-corrected chi connectivity index (χ4v) is 2.97. The van der Waals surface area contributed by atoms with Crippen LogP contribution in [0.5, 0.6) is 0 Å². The average Bonchev–Trinajstić information content (AvgIpc) is 2.52. The number of morpholine rings is 1. The first kappa shape index (κ1) is 15.8. The monoisotopic (exact) mass is 328 g/mol. The van der Waals surface area contributed by atoms with Gasteiger partial charge < -0.3 is 15.0 Å². The molecule has 2 heterocycles. The molecule has 0 aromatic heterocycles. The normalized spacial score (nSPS) is 24.8. The van der Waals surface area contributed by atoms with Crippen molar-refractivity contribution < 1.29 is 27.5 Å². The summed E-state index contributed by atoms with van der Waals surface area (Å²) in [5.74, 6) is -0.965. The van der Waals surface area contributed by atoms with Crippen molar-refractivity contribution in [2.45, 2.75) is 24.7 Å². The summed E-state index contributed by atoms with van der Waals surface area (Å²) in [6.45, 7) is 0.412. The summed E-state index contributed by atoms with van der Waals surface area (Å²) in [5.41, 5.74) is -1.32. The highest BCUT2D eigenvalue weighted by Crippen LogP contribution is 2.32. The molecule has 2 aliphatic rings. The minimum absolute atomic E-state index is 0.0218. The van der Waals surface area contributed by atoms with Crippen LogP contribution in [0.3, 0.4) is 0 Å². The molecule has 0 saturated carbocycles. The first-order chi connectivity index (χ1) is 10.9. The van der Waals surface area contributed by atoms with Gasteiger partial charge in [-0.25, -0.2) is 0 Å². The van der Waals surface area contributed by atoms with Crippen LogP contribution in [0.15, 0.2) is 24.3 Å². The topological polar surface area (TPSA) is 58.6 Å². The van der Waals surface area contributed by atoms with Crippen LogP contribution in [0.25, 0.3) is 0 Å². The molecule has 0 spiro atoms. The number of benzene rings is 1. The van der Waals surface area contributed by atoms with Crippen molar-refractivity contribution in [2.24, 2.45) is 0 Å². The van der Waals surface area contributed by atoms with Crippen LogP contribution in [-0.2, 0) is 15.7 Å². The van der Waals surface area contributed by atoms with Crippen molar-refractivity contribution in [1.29, 1.82) is 0 Å². The van der Waals surface area contributed by atoms with Crippen LogP contribution in [0.2, 0.25) is 0 Å². The Morgan fingerprint density at radius 2 is 2.04 bits per heavy atom. The molecule has 23 heavy (non-hydrogen) atoms. The third kappa shape index (κ3) is 3.17. The predicted octanol–water partition coefficient (Wildman–Crippen LogP) is 1.43.